The van der Waals surface area contributed by atoms with Gasteiger partial charge < -0.3 is 10.6 Å². The Hall–Kier alpha value is -1.43. The first kappa shape index (κ1) is 16.6. The van der Waals surface area contributed by atoms with Crippen LogP contribution in [0, 0.1) is 0 Å². The van der Waals surface area contributed by atoms with Crippen molar-refractivity contribution in [2.24, 2.45) is 0 Å². The van der Waals surface area contributed by atoms with Crippen molar-refractivity contribution in [3.63, 3.8) is 0 Å². The topological polar surface area (TPSA) is 54.0 Å². The van der Waals surface area contributed by atoms with Gasteiger partial charge in [0.15, 0.2) is 0 Å². The summed E-state index contributed by atoms with van der Waals surface area (Å²) in [7, 11) is 1.88. The number of halogens is 1. The van der Waals surface area contributed by atoms with Gasteiger partial charge in [-0.25, -0.2) is 4.98 Å². The van der Waals surface area contributed by atoms with E-state index in [1.54, 1.807) is 5.51 Å². The van der Waals surface area contributed by atoms with E-state index in [0.717, 1.165) is 29.2 Å². The van der Waals surface area contributed by atoms with Crippen molar-refractivity contribution in [2.75, 3.05) is 18.9 Å². The molecule has 1 aromatic heterocycles. The molecule has 0 radical (unpaired) electrons. The van der Waals surface area contributed by atoms with Crippen molar-refractivity contribution in [2.45, 2.75) is 12.8 Å². The largest absolute Gasteiger partial charge is 0.320 e. The molecular formula is C14H18ClN3OS. The van der Waals surface area contributed by atoms with E-state index >= 15 is 0 Å². The maximum atomic E-state index is 11.8. The van der Waals surface area contributed by atoms with Gasteiger partial charge in [0.25, 0.3) is 0 Å². The first-order valence-electron chi connectivity index (χ1n) is 6.24. The average molecular weight is 312 g/mol. The van der Waals surface area contributed by atoms with Crippen molar-refractivity contribution >= 4 is 34.7 Å². The minimum atomic E-state index is 0. The second kappa shape index (κ2) is 8.68. The van der Waals surface area contributed by atoms with Crippen molar-refractivity contribution in [1.29, 1.82) is 0 Å². The molecule has 20 heavy (non-hydrogen) atoms. The summed E-state index contributed by atoms with van der Waals surface area (Å²) < 4.78 is 0. The van der Waals surface area contributed by atoms with E-state index in [2.05, 4.69) is 15.6 Å². The van der Waals surface area contributed by atoms with Crippen LogP contribution in [-0.4, -0.2) is 24.5 Å². The third-order valence-electron chi connectivity index (χ3n) is 2.70. The lowest BCUT2D eigenvalue weighted by Crippen LogP contribution is -2.15. The number of aromatic nitrogens is 1. The molecular weight excluding hydrogens is 294 g/mol. The number of hydrogen-bond acceptors (Lipinski definition) is 4. The Morgan fingerprint density at radius 1 is 1.30 bits per heavy atom. The van der Waals surface area contributed by atoms with E-state index in [1.165, 1.54) is 11.3 Å². The molecule has 0 fully saturated rings. The SMILES string of the molecule is CNCCCC(=O)Nc1scnc1-c1ccccc1.Cl. The number of benzene rings is 1. The van der Waals surface area contributed by atoms with Crippen molar-refractivity contribution < 1.29 is 4.79 Å². The zero-order valence-electron chi connectivity index (χ0n) is 11.3. The smallest absolute Gasteiger partial charge is 0.225 e. The summed E-state index contributed by atoms with van der Waals surface area (Å²) in [4.78, 5) is 16.1. The van der Waals surface area contributed by atoms with Crippen molar-refractivity contribution in [3.8, 4) is 11.3 Å². The van der Waals surface area contributed by atoms with Crippen LogP contribution >= 0.6 is 23.7 Å². The Bertz CT molecular complexity index is 530. The molecule has 6 heteroatoms. The number of anilines is 1. The van der Waals surface area contributed by atoms with E-state index in [0.29, 0.717) is 6.42 Å². The van der Waals surface area contributed by atoms with E-state index in [1.807, 2.05) is 37.4 Å². The summed E-state index contributed by atoms with van der Waals surface area (Å²) >= 11 is 1.45. The molecule has 0 aliphatic rings. The van der Waals surface area contributed by atoms with E-state index in [-0.39, 0.29) is 18.3 Å². The minimum Gasteiger partial charge on any atom is -0.320 e. The summed E-state index contributed by atoms with van der Waals surface area (Å²) in [5.74, 6) is 0.0386. The highest BCUT2D eigenvalue weighted by molar-refractivity contribution is 7.14. The average Bonchev–Trinajstić information content (AvgIpc) is 2.88. The summed E-state index contributed by atoms with van der Waals surface area (Å²) in [6.45, 7) is 0.849. The predicted molar refractivity (Wildman–Crippen MR) is 86.6 cm³/mol. The molecule has 2 N–H and O–H groups in total. The lowest BCUT2D eigenvalue weighted by molar-refractivity contribution is -0.116. The fourth-order valence-corrected chi connectivity index (χ4v) is 2.47. The summed E-state index contributed by atoms with van der Waals surface area (Å²) in [5, 5.41) is 6.79. The Morgan fingerprint density at radius 2 is 2.05 bits per heavy atom. The molecule has 4 nitrogen and oxygen atoms in total. The third kappa shape index (κ3) is 4.59. The van der Waals surface area contributed by atoms with Crippen LogP contribution in [-0.2, 0) is 4.79 Å². The van der Waals surface area contributed by atoms with Crippen LogP contribution in [0.25, 0.3) is 11.3 Å². The number of amides is 1. The molecule has 2 rings (SSSR count). The zero-order valence-corrected chi connectivity index (χ0v) is 12.9. The van der Waals surface area contributed by atoms with Gasteiger partial charge in [0, 0.05) is 12.0 Å². The molecule has 1 amide bonds. The highest BCUT2D eigenvalue weighted by atomic mass is 35.5. The number of thiazole rings is 1. The Kier molecular flexibility index (Phi) is 7.22. The van der Waals surface area contributed by atoms with Crippen molar-refractivity contribution in [3.05, 3.63) is 35.8 Å². The summed E-state index contributed by atoms with van der Waals surface area (Å²) in [5.41, 5.74) is 3.62. The molecule has 0 spiro atoms. The van der Waals surface area contributed by atoms with Gasteiger partial charge in [-0.15, -0.1) is 23.7 Å². The van der Waals surface area contributed by atoms with Gasteiger partial charge >= 0.3 is 0 Å². The van der Waals surface area contributed by atoms with Gasteiger partial charge in [0.1, 0.15) is 10.7 Å². The van der Waals surface area contributed by atoms with E-state index in [4.69, 9.17) is 0 Å². The number of carbonyl (C=O) groups excluding carboxylic acids is 1. The standard InChI is InChI=1S/C14H17N3OS.ClH/c1-15-9-5-8-12(18)17-14-13(16-10-19-14)11-6-3-2-4-7-11;/h2-4,6-7,10,15H,5,8-9H2,1H3,(H,17,18);1H. The minimum absolute atomic E-state index is 0. The second-order valence-corrected chi connectivity index (χ2v) is 5.01. The Balaban J connectivity index is 0.00000200. The maximum absolute atomic E-state index is 11.8. The first-order valence-corrected chi connectivity index (χ1v) is 7.12. The molecule has 1 aromatic carbocycles. The number of carbonyl (C=O) groups is 1. The molecule has 108 valence electrons. The van der Waals surface area contributed by atoms with Gasteiger partial charge in [0.05, 0.1) is 5.51 Å². The summed E-state index contributed by atoms with van der Waals surface area (Å²) in [6.07, 6.45) is 1.36. The number of rotatable bonds is 6. The maximum Gasteiger partial charge on any atom is 0.225 e. The fraction of sp³-hybridized carbons (Fsp3) is 0.286. The number of nitrogens with zero attached hydrogens (tertiary/aromatic N) is 1. The highest BCUT2D eigenvalue weighted by Crippen LogP contribution is 2.30. The van der Waals surface area contributed by atoms with Crippen LogP contribution in [0.1, 0.15) is 12.8 Å². The molecule has 0 atom stereocenters. The molecule has 0 unspecified atom stereocenters. The van der Waals surface area contributed by atoms with Crippen LogP contribution in [0.3, 0.4) is 0 Å². The second-order valence-electron chi connectivity index (χ2n) is 4.15. The van der Waals surface area contributed by atoms with Crippen LogP contribution in [0.15, 0.2) is 35.8 Å². The molecule has 2 aromatic rings. The predicted octanol–water partition coefficient (Wildman–Crippen LogP) is 3.17. The molecule has 0 aliphatic heterocycles. The molecule has 1 heterocycles. The zero-order chi connectivity index (χ0) is 13.5. The summed E-state index contributed by atoms with van der Waals surface area (Å²) in [6, 6.07) is 9.88. The first-order chi connectivity index (χ1) is 9.31. The normalized spacial score (nSPS) is 9.85. The Morgan fingerprint density at radius 3 is 2.75 bits per heavy atom. The monoisotopic (exact) mass is 311 g/mol. The number of hydrogen-bond donors (Lipinski definition) is 2. The molecule has 0 bridgehead atoms. The van der Waals surface area contributed by atoms with Gasteiger partial charge in [0.2, 0.25) is 5.91 Å². The molecule has 0 aliphatic carbocycles. The van der Waals surface area contributed by atoms with Crippen LogP contribution < -0.4 is 10.6 Å². The quantitative estimate of drug-likeness (QED) is 0.806. The lowest BCUT2D eigenvalue weighted by Gasteiger charge is -2.05. The van der Waals surface area contributed by atoms with Crippen LogP contribution in [0.5, 0.6) is 0 Å². The van der Waals surface area contributed by atoms with Gasteiger partial charge in [-0.2, -0.15) is 0 Å². The molecule has 0 saturated heterocycles. The fourth-order valence-electron chi connectivity index (χ4n) is 1.75. The highest BCUT2D eigenvalue weighted by Gasteiger charge is 2.11. The van der Waals surface area contributed by atoms with Gasteiger partial charge in [-0.3, -0.25) is 4.79 Å². The number of nitrogens with one attached hydrogen (secondary N) is 2. The molecule has 0 saturated carbocycles. The third-order valence-corrected chi connectivity index (χ3v) is 3.44. The van der Waals surface area contributed by atoms with Crippen molar-refractivity contribution in [1.82, 2.24) is 10.3 Å². The van der Waals surface area contributed by atoms with Crippen LogP contribution in [0.2, 0.25) is 0 Å². The van der Waals surface area contributed by atoms with E-state index < -0.39 is 0 Å². The Labute approximate surface area is 129 Å². The van der Waals surface area contributed by atoms with Crippen LogP contribution in [0.4, 0.5) is 5.00 Å². The van der Waals surface area contributed by atoms with Gasteiger partial charge in [-0.05, 0) is 20.0 Å². The van der Waals surface area contributed by atoms with E-state index in [9.17, 15) is 4.79 Å². The lowest BCUT2D eigenvalue weighted by atomic mass is 10.1. The van der Waals surface area contributed by atoms with Gasteiger partial charge in [-0.1, -0.05) is 30.3 Å².